The summed E-state index contributed by atoms with van der Waals surface area (Å²) in [5, 5.41) is -0.680. The zero-order valence-electron chi connectivity index (χ0n) is 16.9. The largest absolute Gasteiger partial charge is 0.463 e. The van der Waals surface area contributed by atoms with Crippen molar-refractivity contribution in [1.29, 1.82) is 0 Å². The Morgan fingerprint density at radius 1 is 0.774 bits per heavy atom. The molecule has 8 nitrogen and oxygen atoms in total. The van der Waals surface area contributed by atoms with Crippen LogP contribution in [-0.4, -0.2) is 64.7 Å². The predicted octanol–water partition coefficient (Wildman–Crippen LogP) is 4.19. The lowest BCUT2D eigenvalue weighted by Crippen LogP contribution is -2.47. The lowest BCUT2D eigenvalue weighted by Gasteiger charge is -2.29. The summed E-state index contributed by atoms with van der Waals surface area (Å²) in [6, 6.07) is 0. The molecule has 0 aliphatic rings. The fourth-order valence-electron chi connectivity index (χ4n) is 2.50. The summed E-state index contributed by atoms with van der Waals surface area (Å²) in [5.41, 5.74) is 5.64. The number of hydrogen-bond donors (Lipinski definition) is 1. The maximum atomic E-state index is 12.1. The maximum Gasteiger partial charge on any atom is 0.311 e. The van der Waals surface area contributed by atoms with Crippen molar-refractivity contribution < 1.29 is 33.3 Å². The molecule has 0 fully saturated rings. The van der Waals surface area contributed by atoms with E-state index in [4.69, 9.17) is 87.4 Å². The standard InChI is InChI=1S/C18H22Cl5NO7/c1-27-8(6-24)17(29-3)9(28-2)7-30-10(25)4-5-11(26)31-18-15(22)13(20)12(19)14(21)16(18)23/h8-9,17H,4-7,24H2,1-3H3/t8-,9+,17+/m0/s1. The molecule has 1 rings (SSSR count). The van der Waals surface area contributed by atoms with E-state index in [0.29, 0.717) is 0 Å². The minimum atomic E-state index is -0.809. The van der Waals surface area contributed by atoms with Crippen molar-refractivity contribution in [2.45, 2.75) is 31.2 Å². The number of methoxy groups -OCH3 is 3. The van der Waals surface area contributed by atoms with E-state index in [1.165, 1.54) is 21.3 Å². The normalized spacial score (nSPS) is 14.1. The molecule has 0 aliphatic heterocycles. The van der Waals surface area contributed by atoms with Gasteiger partial charge in [-0.2, -0.15) is 0 Å². The molecule has 0 bridgehead atoms. The summed E-state index contributed by atoms with van der Waals surface area (Å²) < 4.78 is 26.1. The zero-order valence-corrected chi connectivity index (χ0v) is 20.7. The first-order chi connectivity index (χ1) is 14.6. The van der Waals surface area contributed by atoms with Crippen molar-refractivity contribution >= 4 is 69.9 Å². The number of ether oxygens (including phenoxy) is 5. The molecule has 0 saturated heterocycles. The Balaban J connectivity index is 2.64. The van der Waals surface area contributed by atoms with Gasteiger partial charge in [-0.25, -0.2) is 0 Å². The third-order valence-electron chi connectivity index (χ3n) is 4.17. The number of carbonyl (C=O) groups is 2. The first-order valence-electron chi connectivity index (χ1n) is 8.78. The molecule has 0 aliphatic carbocycles. The number of rotatable bonds is 12. The molecule has 0 spiro atoms. The number of nitrogens with two attached hydrogens (primary N) is 1. The van der Waals surface area contributed by atoms with E-state index in [9.17, 15) is 9.59 Å². The Labute approximate surface area is 205 Å². The highest BCUT2D eigenvalue weighted by atomic mass is 35.5. The van der Waals surface area contributed by atoms with Gasteiger partial charge in [-0.15, -0.1) is 0 Å². The van der Waals surface area contributed by atoms with Crippen LogP contribution in [0.2, 0.25) is 25.1 Å². The van der Waals surface area contributed by atoms with Crippen molar-refractivity contribution in [2.75, 3.05) is 34.5 Å². The second-order valence-electron chi connectivity index (χ2n) is 6.04. The van der Waals surface area contributed by atoms with Crippen molar-refractivity contribution in [3.63, 3.8) is 0 Å². The van der Waals surface area contributed by atoms with Crippen molar-refractivity contribution in [3.05, 3.63) is 25.1 Å². The van der Waals surface area contributed by atoms with Crippen molar-refractivity contribution in [2.24, 2.45) is 5.73 Å². The van der Waals surface area contributed by atoms with Crippen LogP contribution < -0.4 is 10.5 Å². The van der Waals surface area contributed by atoms with Crippen LogP contribution in [0.1, 0.15) is 12.8 Å². The summed E-state index contributed by atoms with van der Waals surface area (Å²) in [6.07, 6.45) is -2.26. The first-order valence-corrected chi connectivity index (χ1v) is 10.7. The van der Waals surface area contributed by atoms with E-state index in [0.717, 1.165) is 0 Å². The van der Waals surface area contributed by atoms with Crippen LogP contribution in [-0.2, 0) is 28.5 Å². The molecule has 1 aromatic rings. The molecule has 13 heteroatoms. The first kappa shape index (κ1) is 28.5. The fourth-order valence-corrected chi connectivity index (χ4v) is 3.69. The molecule has 1 aromatic carbocycles. The van der Waals surface area contributed by atoms with Crippen LogP contribution in [0.15, 0.2) is 0 Å². The lowest BCUT2D eigenvalue weighted by atomic mass is 10.1. The Morgan fingerprint density at radius 3 is 1.71 bits per heavy atom. The molecular weight excluding hydrogens is 519 g/mol. The highest BCUT2D eigenvalue weighted by molar-refractivity contribution is 6.55. The third kappa shape index (κ3) is 7.77. The number of halogens is 5. The van der Waals surface area contributed by atoms with E-state index in [-0.39, 0.29) is 56.9 Å². The molecule has 0 aromatic heterocycles. The van der Waals surface area contributed by atoms with Crippen LogP contribution >= 0.6 is 58.0 Å². The molecule has 0 heterocycles. The van der Waals surface area contributed by atoms with Gasteiger partial charge in [0.2, 0.25) is 0 Å². The van der Waals surface area contributed by atoms with Gasteiger partial charge in [0, 0.05) is 27.9 Å². The molecule has 31 heavy (non-hydrogen) atoms. The molecular formula is C18H22Cl5NO7. The van der Waals surface area contributed by atoms with Gasteiger partial charge in [0.15, 0.2) is 5.75 Å². The van der Waals surface area contributed by atoms with Crippen molar-refractivity contribution in [1.82, 2.24) is 0 Å². The minimum absolute atomic E-state index is 0.0749. The molecule has 176 valence electrons. The van der Waals surface area contributed by atoms with Crippen LogP contribution in [0.3, 0.4) is 0 Å². The van der Waals surface area contributed by atoms with Gasteiger partial charge in [0.05, 0.1) is 34.0 Å². The summed E-state index contributed by atoms with van der Waals surface area (Å²) in [4.78, 5) is 24.1. The third-order valence-corrected chi connectivity index (χ3v) is 6.41. The van der Waals surface area contributed by atoms with Crippen LogP contribution in [0.25, 0.3) is 0 Å². The highest BCUT2D eigenvalue weighted by Gasteiger charge is 2.30. The predicted molar refractivity (Wildman–Crippen MR) is 119 cm³/mol. The van der Waals surface area contributed by atoms with E-state index in [1.807, 2.05) is 0 Å². The molecule has 0 amide bonds. The minimum Gasteiger partial charge on any atom is -0.463 e. The topological polar surface area (TPSA) is 106 Å². The smallest absolute Gasteiger partial charge is 0.311 e. The second kappa shape index (κ2) is 13.9. The summed E-state index contributed by atoms with van der Waals surface area (Å²) in [5.74, 6) is -1.73. The fraction of sp³-hybridized carbons (Fsp3) is 0.556. The average molecular weight is 542 g/mol. The number of benzene rings is 1. The van der Waals surface area contributed by atoms with Gasteiger partial charge in [-0.05, 0) is 0 Å². The maximum absolute atomic E-state index is 12.1. The van der Waals surface area contributed by atoms with Gasteiger partial charge >= 0.3 is 11.9 Å². The molecule has 3 atom stereocenters. The number of esters is 2. The Morgan fingerprint density at radius 2 is 1.26 bits per heavy atom. The monoisotopic (exact) mass is 539 g/mol. The summed E-state index contributed by atoms with van der Waals surface area (Å²) in [6.45, 7) is 0.0430. The van der Waals surface area contributed by atoms with Crippen LogP contribution in [0, 0.1) is 0 Å². The van der Waals surface area contributed by atoms with Gasteiger partial charge < -0.3 is 29.4 Å². The summed E-state index contributed by atoms with van der Waals surface area (Å²) in [7, 11) is 4.37. The van der Waals surface area contributed by atoms with E-state index < -0.39 is 30.3 Å². The van der Waals surface area contributed by atoms with Crippen molar-refractivity contribution in [3.8, 4) is 5.75 Å². The highest BCUT2D eigenvalue weighted by Crippen LogP contribution is 2.48. The van der Waals surface area contributed by atoms with Gasteiger partial charge in [-0.1, -0.05) is 58.0 Å². The lowest BCUT2D eigenvalue weighted by molar-refractivity contribution is -0.158. The Kier molecular flexibility index (Phi) is 12.7. The van der Waals surface area contributed by atoms with Gasteiger partial charge in [0.25, 0.3) is 0 Å². The molecule has 0 saturated carbocycles. The van der Waals surface area contributed by atoms with E-state index in [2.05, 4.69) is 0 Å². The Hall–Kier alpha value is -0.550. The quantitative estimate of drug-likeness (QED) is 0.182. The molecule has 0 unspecified atom stereocenters. The average Bonchev–Trinajstić information content (AvgIpc) is 2.77. The van der Waals surface area contributed by atoms with E-state index >= 15 is 0 Å². The summed E-state index contributed by atoms with van der Waals surface area (Å²) >= 11 is 29.7. The van der Waals surface area contributed by atoms with Crippen LogP contribution in [0.5, 0.6) is 5.75 Å². The number of carbonyl (C=O) groups excluding carboxylic acids is 2. The van der Waals surface area contributed by atoms with Crippen LogP contribution in [0.4, 0.5) is 0 Å². The number of hydrogen-bond acceptors (Lipinski definition) is 8. The SMILES string of the molecule is CO[C@H]([C@H](CN)OC)[C@@H](COC(=O)CCC(=O)Oc1c(Cl)c(Cl)c(Cl)c(Cl)c1Cl)OC. The second-order valence-corrected chi connectivity index (χ2v) is 7.93. The molecule has 2 N–H and O–H groups in total. The van der Waals surface area contributed by atoms with Gasteiger partial charge in [-0.3, -0.25) is 9.59 Å². The van der Waals surface area contributed by atoms with E-state index in [1.54, 1.807) is 0 Å². The zero-order chi connectivity index (χ0) is 23.7. The Bertz CT molecular complexity index is 747. The van der Waals surface area contributed by atoms with Gasteiger partial charge in [0.1, 0.15) is 28.9 Å². The molecule has 0 radical (unpaired) electrons.